The normalized spacial score (nSPS) is 12.2. The summed E-state index contributed by atoms with van der Waals surface area (Å²) >= 11 is 0. The Bertz CT molecular complexity index is 872. The van der Waals surface area contributed by atoms with Gasteiger partial charge in [-0.2, -0.15) is 18.3 Å². The Morgan fingerprint density at radius 3 is 2.32 bits per heavy atom. The Morgan fingerprint density at radius 2 is 1.84 bits per heavy atom. The van der Waals surface area contributed by atoms with Gasteiger partial charge in [-0.3, -0.25) is 9.48 Å². The van der Waals surface area contributed by atoms with Gasteiger partial charge >= 0.3 is 6.18 Å². The van der Waals surface area contributed by atoms with Gasteiger partial charge in [-0.25, -0.2) is 8.42 Å². The largest absolute Gasteiger partial charge is 0.416 e. The number of amides is 1. The molecule has 0 saturated heterocycles. The average molecular weight is 375 g/mol. The van der Waals surface area contributed by atoms with Crippen molar-refractivity contribution >= 4 is 21.4 Å². The highest BCUT2D eigenvalue weighted by Gasteiger charge is 2.30. The summed E-state index contributed by atoms with van der Waals surface area (Å²) in [7, 11) is -2.11. The van der Waals surface area contributed by atoms with E-state index in [4.69, 9.17) is 0 Å². The second kappa shape index (κ2) is 6.87. The molecule has 6 nitrogen and oxygen atoms in total. The van der Waals surface area contributed by atoms with E-state index in [1.54, 1.807) is 20.2 Å². The van der Waals surface area contributed by atoms with Crippen molar-refractivity contribution in [2.45, 2.75) is 18.9 Å². The maximum Gasteiger partial charge on any atom is 0.416 e. The fraction of sp³-hybridized carbons (Fsp3) is 0.333. The van der Waals surface area contributed by atoms with Crippen LogP contribution in [0, 0.1) is 6.92 Å². The number of anilines is 1. The lowest BCUT2D eigenvalue weighted by molar-refractivity contribution is -0.137. The Hall–Kier alpha value is -2.36. The van der Waals surface area contributed by atoms with Gasteiger partial charge in [-0.1, -0.05) is 0 Å². The lowest BCUT2D eigenvalue weighted by atomic mass is 10.2. The van der Waals surface area contributed by atoms with Crippen LogP contribution in [0.4, 0.5) is 18.9 Å². The summed E-state index contributed by atoms with van der Waals surface area (Å²) in [5.41, 5.74) is 0.269. The van der Waals surface area contributed by atoms with Crippen LogP contribution in [0.25, 0.3) is 0 Å². The number of halogens is 3. The third-order valence-electron chi connectivity index (χ3n) is 3.32. The number of alkyl halides is 3. The quantitative estimate of drug-likeness (QED) is 0.870. The second-order valence-electron chi connectivity index (χ2n) is 5.59. The van der Waals surface area contributed by atoms with Crippen LogP contribution < -0.4 is 5.32 Å². The molecule has 1 N–H and O–H groups in total. The molecule has 0 atom stereocenters. The summed E-state index contributed by atoms with van der Waals surface area (Å²) in [6.45, 7) is 1.71. The first kappa shape index (κ1) is 19.0. The molecule has 1 aromatic carbocycles. The highest BCUT2D eigenvalue weighted by molar-refractivity contribution is 7.91. The predicted octanol–water partition coefficient (Wildman–Crippen LogP) is 2.30. The molecule has 1 amide bonds. The highest BCUT2D eigenvalue weighted by Crippen LogP contribution is 2.29. The highest BCUT2D eigenvalue weighted by atomic mass is 32.2. The van der Waals surface area contributed by atoms with Gasteiger partial charge in [0, 0.05) is 18.9 Å². The third kappa shape index (κ3) is 5.31. The van der Waals surface area contributed by atoms with Crippen LogP contribution in [0.15, 0.2) is 30.5 Å². The zero-order chi connectivity index (χ0) is 18.8. The van der Waals surface area contributed by atoms with E-state index in [0.717, 1.165) is 24.3 Å². The molecule has 25 heavy (non-hydrogen) atoms. The number of aromatic nitrogens is 2. The molecule has 2 aromatic rings. The molecule has 0 saturated carbocycles. The molecular formula is C15H16F3N3O3S. The summed E-state index contributed by atoms with van der Waals surface area (Å²) in [5, 5.41) is 6.29. The number of carbonyl (C=O) groups is 1. The number of sulfone groups is 1. The maximum atomic E-state index is 12.5. The molecule has 1 aromatic heterocycles. The van der Waals surface area contributed by atoms with Crippen molar-refractivity contribution in [3.8, 4) is 0 Å². The first-order valence-corrected chi connectivity index (χ1v) is 8.95. The minimum atomic E-state index is -4.48. The number of nitrogens with zero attached hydrogens (tertiary/aromatic N) is 2. The third-order valence-corrected chi connectivity index (χ3v) is 4.73. The molecule has 0 radical (unpaired) electrons. The Balaban J connectivity index is 2.00. The van der Waals surface area contributed by atoms with E-state index in [-0.39, 0.29) is 11.4 Å². The number of hydrogen-bond acceptors (Lipinski definition) is 4. The lowest BCUT2D eigenvalue weighted by Crippen LogP contribution is -2.24. The fourth-order valence-electron chi connectivity index (χ4n) is 2.19. The molecule has 0 spiro atoms. The summed E-state index contributed by atoms with van der Waals surface area (Å²) < 4.78 is 63.1. The van der Waals surface area contributed by atoms with Crippen molar-refractivity contribution in [1.29, 1.82) is 0 Å². The standard InChI is InChI=1S/C15H16F3N3O3S/c1-10-7-21(2)20-13(10)8-25(23,24)9-14(22)19-12-5-3-11(4-6-12)15(16,17)18/h3-7H,8-9H2,1-2H3,(H,19,22). The van der Waals surface area contributed by atoms with E-state index >= 15 is 0 Å². The van der Waals surface area contributed by atoms with Crippen LogP contribution in [-0.4, -0.2) is 29.9 Å². The molecule has 1 heterocycles. The van der Waals surface area contributed by atoms with Gasteiger partial charge in [0.1, 0.15) is 5.75 Å². The van der Waals surface area contributed by atoms with E-state index in [1.807, 2.05) is 0 Å². The smallest absolute Gasteiger partial charge is 0.325 e. The molecule has 0 aliphatic carbocycles. The molecule has 0 aliphatic heterocycles. The molecule has 10 heteroatoms. The van der Waals surface area contributed by atoms with Crippen LogP contribution in [0.1, 0.15) is 16.8 Å². The van der Waals surface area contributed by atoms with Crippen LogP contribution in [0.2, 0.25) is 0 Å². The first-order chi connectivity index (χ1) is 11.5. The number of nitrogens with one attached hydrogen (secondary N) is 1. The second-order valence-corrected chi connectivity index (χ2v) is 7.65. The van der Waals surface area contributed by atoms with Crippen molar-refractivity contribution in [3.63, 3.8) is 0 Å². The van der Waals surface area contributed by atoms with Crippen molar-refractivity contribution in [2.24, 2.45) is 7.05 Å². The zero-order valence-electron chi connectivity index (χ0n) is 13.5. The fourth-order valence-corrected chi connectivity index (χ4v) is 3.47. The zero-order valence-corrected chi connectivity index (χ0v) is 14.3. The van der Waals surface area contributed by atoms with Gasteiger partial charge in [0.15, 0.2) is 9.84 Å². The number of rotatable bonds is 5. The van der Waals surface area contributed by atoms with Gasteiger partial charge in [0.2, 0.25) is 5.91 Å². The van der Waals surface area contributed by atoms with Crippen molar-refractivity contribution in [1.82, 2.24) is 9.78 Å². The number of hydrogen-bond donors (Lipinski definition) is 1. The van der Waals surface area contributed by atoms with E-state index in [9.17, 15) is 26.4 Å². The molecule has 0 unspecified atom stereocenters. The van der Waals surface area contributed by atoms with Crippen LogP contribution in [0.5, 0.6) is 0 Å². The van der Waals surface area contributed by atoms with Gasteiger partial charge in [-0.05, 0) is 36.8 Å². The molecule has 2 rings (SSSR count). The number of carbonyl (C=O) groups excluding carboxylic acids is 1. The predicted molar refractivity (Wildman–Crippen MR) is 85.5 cm³/mol. The number of aryl methyl sites for hydroxylation is 2. The molecule has 136 valence electrons. The Morgan fingerprint density at radius 1 is 1.24 bits per heavy atom. The summed E-state index contributed by atoms with van der Waals surface area (Å²) in [6.07, 6.45) is -2.82. The monoisotopic (exact) mass is 375 g/mol. The molecular weight excluding hydrogens is 359 g/mol. The van der Waals surface area contributed by atoms with E-state index in [0.29, 0.717) is 11.3 Å². The summed E-state index contributed by atoms with van der Waals surface area (Å²) in [4.78, 5) is 11.9. The maximum absolute atomic E-state index is 12.5. The van der Waals surface area contributed by atoms with Crippen molar-refractivity contribution in [3.05, 3.63) is 47.3 Å². The average Bonchev–Trinajstić information content (AvgIpc) is 2.74. The van der Waals surface area contributed by atoms with Crippen molar-refractivity contribution < 1.29 is 26.4 Å². The topological polar surface area (TPSA) is 81.1 Å². The van der Waals surface area contributed by atoms with Gasteiger partial charge in [0.05, 0.1) is 17.0 Å². The van der Waals surface area contributed by atoms with Crippen LogP contribution in [-0.2, 0) is 33.6 Å². The summed E-state index contributed by atoms with van der Waals surface area (Å²) in [6, 6.07) is 3.75. The molecule has 0 fully saturated rings. The van der Waals surface area contributed by atoms with E-state index in [1.165, 1.54) is 4.68 Å². The van der Waals surface area contributed by atoms with Gasteiger partial charge in [-0.15, -0.1) is 0 Å². The first-order valence-electron chi connectivity index (χ1n) is 7.13. The van der Waals surface area contributed by atoms with Crippen LogP contribution in [0.3, 0.4) is 0 Å². The van der Waals surface area contributed by atoms with Crippen molar-refractivity contribution in [2.75, 3.05) is 11.1 Å². The number of benzene rings is 1. The molecule has 0 aliphatic rings. The summed E-state index contributed by atoms with van der Waals surface area (Å²) in [5.74, 6) is -2.00. The minimum absolute atomic E-state index is 0.0854. The van der Waals surface area contributed by atoms with Gasteiger partial charge < -0.3 is 5.32 Å². The lowest BCUT2D eigenvalue weighted by Gasteiger charge is -2.09. The van der Waals surface area contributed by atoms with E-state index in [2.05, 4.69) is 10.4 Å². The minimum Gasteiger partial charge on any atom is -0.325 e. The van der Waals surface area contributed by atoms with Gasteiger partial charge in [0.25, 0.3) is 0 Å². The SMILES string of the molecule is Cc1cn(C)nc1CS(=O)(=O)CC(=O)Nc1ccc(C(F)(F)F)cc1. The Kier molecular flexibility index (Phi) is 5.21. The molecule has 0 bridgehead atoms. The van der Waals surface area contributed by atoms with Crippen LogP contribution >= 0.6 is 0 Å². The van der Waals surface area contributed by atoms with E-state index < -0.39 is 33.2 Å². The Labute approximate surface area is 142 Å².